The number of hydrogen-bond donors (Lipinski definition) is 0. The number of ether oxygens (including phenoxy) is 1. The summed E-state index contributed by atoms with van der Waals surface area (Å²) in [7, 11) is 1.46. The van der Waals surface area contributed by atoms with Crippen molar-refractivity contribution in [1.82, 2.24) is 4.90 Å². The Morgan fingerprint density at radius 3 is 2.92 bits per heavy atom. The number of carbonyl (C=O) groups is 1. The second-order valence-electron chi connectivity index (χ2n) is 4.15. The maximum atomic E-state index is 10.9. The van der Waals surface area contributed by atoms with Gasteiger partial charge in [-0.1, -0.05) is 0 Å². The fourth-order valence-corrected chi connectivity index (χ4v) is 2.64. The van der Waals surface area contributed by atoms with Gasteiger partial charge in [0.15, 0.2) is 0 Å². The molecule has 2 unspecified atom stereocenters. The number of esters is 1. The van der Waals surface area contributed by atoms with E-state index < -0.39 is 0 Å². The number of methoxy groups -OCH3 is 1. The Bertz CT molecular complexity index is 205. The van der Waals surface area contributed by atoms with Crippen LogP contribution in [0.1, 0.15) is 25.7 Å². The number of likely N-dealkylation sites (tertiary alicyclic amines) is 1. The number of carbonyl (C=O) groups excluding carboxylic acids is 1. The van der Waals surface area contributed by atoms with Gasteiger partial charge in [0, 0.05) is 19.1 Å². The highest BCUT2D eigenvalue weighted by Crippen LogP contribution is 2.37. The molecule has 2 aliphatic rings. The van der Waals surface area contributed by atoms with Gasteiger partial charge in [-0.2, -0.15) is 0 Å². The minimum atomic E-state index is -0.0808. The molecule has 2 rings (SSSR count). The molecule has 3 nitrogen and oxygen atoms in total. The second-order valence-corrected chi connectivity index (χ2v) is 4.15. The van der Waals surface area contributed by atoms with Gasteiger partial charge in [-0.3, -0.25) is 9.69 Å². The van der Waals surface area contributed by atoms with Crippen LogP contribution in [0.15, 0.2) is 0 Å². The zero-order valence-corrected chi connectivity index (χ0v) is 8.16. The van der Waals surface area contributed by atoms with Crippen LogP contribution < -0.4 is 0 Å². The maximum Gasteiger partial charge on any atom is 0.306 e. The summed E-state index contributed by atoms with van der Waals surface area (Å²) in [6, 6.07) is 0.773. The zero-order valence-electron chi connectivity index (χ0n) is 8.16. The zero-order chi connectivity index (χ0) is 9.26. The highest BCUT2D eigenvalue weighted by molar-refractivity contribution is 5.69. The van der Waals surface area contributed by atoms with E-state index in [1.165, 1.54) is 32.9 Å². The third-order valence-electron chi connectivity index (χ3n) is 3.35. The van der Waals surface area contributed by atoms with Crippen molar-refractivity contribution in [3.05, 3.63) is 0 Å². The Morgan fingerprint density at radius 2 is 2.38 bits per heavy atom. The van der Waals surface area contributed by atoms with E-state index in [0.29, 0.717) is 6.42 Å². The van der Waals surface area contributed by atoms with Crippen LogP contribution in [0.5, 0.6) is 0 Å². The maximum absolute atomic E-state index is 10.9. The first-order valence-electron chi connectivity index (χ1n) is 5.10. The van der Waals surface area contributed by atoms with Crippen molar-refractivity contribution >= 4 is 5.97 Å². The first-order chi connectivity index (χ1) is 6.29. The van der Waals surface area contributed by atoms with Crippen LogP contribution in [-0.2, 0) is 9.53 Å². The average Bonchev–Trinajstić information content (AvgIpc) is 2.74. The van der Waals surface area contributed by atoms with E-state index in [1.54, 1.807) is 0 Å². The summed E-state index contributed by atoms with van der Waals surface area (Å²) in [5, 5.41) is 0. The quantitative estimate of drug-likeness (QED) is 0.612. The normalized spacial score (nSPS) is 32.4. The number of nitrogens with zero attached hydrogens (tertiary/aromatic N) is 1. The number of rotatable bonds is 3. The van der Waals surface area contributed by atoms with E-state index in [-0.39, 0.29) is 5.97 Å². The molecular weight excluding hydrogens is 166 g/mol. The number of hydrogen-bond acceptors (Lipinski definition) is 3. The predicted molar refractivity (Wildman–Crippen MR) is 49.3 cm³/mol. The molecule has 0 N–H and O–H groups in total. The third-order valence-corrected chi connectivity index (χ3v) is 3.35. The third kappa shape index (κ3) is 1.85. The van der Waals surface area contributed by atoms with Gasteiger partial charge >= 0.3 is 5.97 Å². The summed E-state index contributed by atoms with van der Waals surface area (Å²) in [6.45, 7) is 2.11. The van der Waals surface area contributed by atoms with Crippen LogP contribution in [0.4, 0.5) is 0 Å². The molecule has 1 aliphatic heterocycles. The van der Waals surface area contributed by atoms with E-state index in [1.807, 2.05) is 0 Å². The van der Waals surface area contributed by atoms with Crippen molar-refractivity contribution in [2.75, 3.05) is 20.2 Å². The van der Waals surface area contributed by atoms with Crippen LogP contribution in [0.25, 0.3) is 0 Å². The summed E-state index contributed by atoms with van der Waals surface area (Å²) in [4.78, 5) is 13.4. The average molecular weight is 183 g/mol. The van der Waals surface area contributed by atoms with Gasteiger partial charge in [0.25, 0.3) is 0 Å². The molecule has 1 saturated carbocycles. The van der Waals surface area contributed by atoms with Crippen LogP contribution in [0.2, 0.25) is 0 Å². The van der Waals surface area contributed by atoms with Gasteiger partial charge in [-0.25, -0.2) is 0 Å². The van der Waals surface area contributed by atoms with Crippen molar-refractivity contribution < 1.29 is 9.53 Å². The molecule has 1 aliphatic carbocycles. The lowest BCUT2D eigenvalue weighted by Gasteiger charge is -2.25. The molecule has 2 atom stereocenters. The number of piperidine rings is 1. The molecule has 1 heterocycles. The Morgan fingerprint density at radius 1 is 1.54 bits per heavy atom. The molecule has 0 aromatic rings. The van der Waals surface area contributed by atoms with Crippen molar-refractivity contribution in [3.63, 3.8) is 0 Å². The number of fused-ring (bicyclic) bond motifs is 2. The van der Waals surface area contributed by atoms with E-state index >= 15 is 0 Å². The molecule has 1 saturated heterocycles. The molecule has 74 valence electrons. The molecule has 13 heavy (non-hydrogen) atoms. The van der Waals surface area contributed by atoms with Crippen LogP contribution in [-0.4, -0.2) is 37.1 Å². The van der Waals surface area contributed by atoms with Gasteiger partial charge < -0.3 is 4.74 Å². The largest absolute Gasteiger partial charge is 0.469 e. The Labute approximate surface area is 79.0 Å². The lowest BCUT2D eigenvalue weighted by molar-refractivity contribution is -0.141. The first-order valence-corrected chi connectivity index (χ1v) is 5.10. The highest BCUT2D eigenvalue weighted by atomic mass is 16.5. The van der Waals surface area contributed by atoms with Gasteiger partial charge in [-0.15, -0.1) is 0 Å². The molecule has 2 fully saturated rings. The SMILES string of the molecule is COC(=O)CCN1CC2CCC1C2. The minimum Gasteiger partial charge on any atom is -0.469 e. The fourth-order valence-electron chi connectivity index (χ4n) is 2.64. The molecule has 3 heteroatoms. The van der Waals surface area contributed by atoms with Crippen molar-refractivity contribution in [2.24, 2.45) is 5.92 Å². The fraction of sp³-hybridized carbons (Fsp3) is 0.900. The lowest BCUT2D eigenvalue weighted by Crippen LogP contribution is -2.33. The summed E-state index contributed by atoms with van der Waals surface area (Å²) < 4.78 is 4.62. The van der Waals surface area contributed by atoms with E-state index in [9.17, 15) is 4.79 Å². The van der Waals surface area contributed by atoms with Crippen LogP contribution in [0.3, 0.4) is 0 Å². The molecule has 0 aromatic carbocycles. The molecule has 0 spiro atoms. The van der Waals surface area contributed by atoms with Crippen LogP contribution in [0, 0.1) is 5.92 Å². The van der Waals surface area contributed by atoms with Crippen LogP contribution >= 0.6 is 0 Å². The van der Waals surface area contributed by atoms with Crippen molar-refractivity contribution in [1.29, 1.82) is 0 Å². The Balaban J connectivity index is 1.74. The molecule has 0 amide bonds. The molecule has 0 radical (unpaired) electrons. The second kappa shape index (κ2) is 3.66. The van der Waals surface area contributed by atoms with Crippen molar-refractivity contribution in [2.45, 2.75) is 31.7 Å². The van der Waals surface area contributed by atoms with Gasteiger partial charge in [0.1, 0.15) is 0 Å². The molecule has 0 aromatic heterocycles. The van der Waals surface area contributed by atoms with Gasteiger partial charge in [0.2, 0.25) is 0 Å². The highest BCUT2D eigenvalue weighted by Gasteiger charge is 2.37. The van der Waals surface area contributed by atoms with Crippen molar-refractivity contribution in [3.8, 4) is 0 Å². The van der Waals surface area contributed by atoms with E-state index in [2.05, 4.69) is 9.64 Å². The summed E-state index contributed by atoms with van der Waals surface area (Å²) in [5.41, 5.74) is 0. The predicted octanol–water partition coefficient (Wildman–Crippen LogP) is 1.03. The lowest BCUT2D eigenvalue weighted by atomic mass is 10.1. The standard InChI is InChI=1S/C10H17NO2/c1-13-10(12)4-5-11-7-8-2-3-9(11)6-8/h8-9H,2-7H2,1H3. The summed E-state index contributed by atoms with van der Waals surface area (Å²) in [6.07, 6.45) is 4.66. The molecule has 2 bridgehead atoms. The Hall–Kier alpha value is -0.570. The minimum absolute atomic E-state index is 0.0808. The van der Waals surface area contributed by atoms with Gasteiger partial charge in [-0.05, 0) is 25.2 Å². The monoisotopic (exact) mass is 183 g/mol. The topological polar surface area (TPSA) is 29.5 Å². The van der Waals surface area contributed by atoms with E-state index in [0.717, 1.165) is 18.5 Å². The molecular formula is C10H17NO2. The smallest absolute Gasteiger partial charge is 0.306 e. The Kier molecular flexibility index (Phi) is 2.54. The first kappa shape index (κ1) is 9.00. The summed E-state index contributed by atoms with van der Waals surface area (Å²) >= 11 is 0. The van der Waals surface area contributed by atoms with E-state index in [4.69, 9.17) is 0 Å². The van der Waals surface area contributed by atoms with Gasteiger partial charge in [0.05, 0.1) is 13.5 Å². The summed E-state index contributed by atoms with van der Waals surface area (Å²) in [5.74, 6) is 0.838.